The van der Waals surface area contributed by atoms with Gasteiger partial charge in [0.2, 0.25) is 5.91 Å². The van der Waals surface area contributed by atoms with Gasteiger partial charge >= 0.3 is 11.8 Å². The highest BCUT2D eigenvalue weighted by Gasteiger charge is 2.61. The van der Waals surface area contributed by atoms with E-state index < -0.39 is 71.4 Å². The Morgan fingerprint density at radius 3 is 2.34 bits per heavy atom. The van der Waals surface area contributed by atoms with Crippen LogP contribution in [0.5, 0.6) is 0 Å². The van der Waals surface area contributed by atoms with Crippen LogP contribution in [0, 0.1) is 23.4 Å². The van der Waals surface area contributed by atoms with E-state index in [1.54, 1.807) is 0 Å². The standard InChI is InChI=1S/C20H18ClF5N6O3/c1-8-10(16(33)27-9-4-11(22)13(24)12(23)5-9)2-3-32(8)18(35)17(34)28-19(6-20(25,26)7-19)14-15(21)30-31-29-14/h4-5,8,10H,2-3,6-7H2,1H3,(H,27,33)(H,28,34)(H,29,30,31)/t8-,10-/m0/s1. The number of aromatic amines is 1. The van der Waals surface area contributed by atoms with Gasteiger partial charge in [0.1, 0.15) is 10.8 Å². The lowest BCUT2D eigenvalue weighted by molar-refractivity contribution is -0.160. The molecule has 2 aliphatic rings. The summed E-state index contributed by atoms with van der Waals surface area (Å²) in [7, 11) is 0. The van der Waals surface area contributed by atoms with Crippen LogP contribution in [0.25, 0.3) is 0 Å². The Morgan fingerprint density at radius 1 is 1.17 bits per heavy atom. The van der Waals surface area contributed by atoms with Gasteiger partial charge in [-0.05, 0) is 13.3 Å². The molecule has 1 aromatic heterocycles. The third-order valence-corrected chi connectivity index (χ3v) is 6.49. The first kappa shape index (κ1) is 24.8. The highest BCUT2D eigenvalue weighted by molar-refractivity contribution is 6.35. The maximum absolute atomic E-state index is 13.7. The van der Waals surface area contributed by atoms with Crippen molar-refractivity contribution < 1.29 is 36.3 Å². The molecule has 1 aliphatic carbocycles. The fraction of sp³-hybridized carbons (Fsp3) is 0.450. The lowest BCUT2D eigenvalue weighted by Crippen LogP contribution is -2.62. The van der Waals surface area contributed by atoms with Crippen LogP contribution in [-0.2, 0) is 19.9 Å². The third kappa shape index (κ3) is 4.54. The average Bonchev–Trinajstić information content (AvgIpc) is 3.35. The molecule has 1 saturated heterocycles. The molecule has 35 heavy (non-hydrogen) atoms. The molecule has 3 amide bonds. The number of H-pyrrole nitrogens is 1. The Kier molecular flexibility index (Phi) is 6.19. The van der Waals surface area contributed by atoms with E-state index in [0.717, 1.165) is 4.90 Å². The van der Waals surface area contributed by atoms with Gasteiger partial charge < -0.3 is 15.5 Å². The number of hydrogen-bond donors (Lipinski definition) is 3. The van der Waals surface area contributed by atoms with Gasteiger partial charge in [0.05, 0.1) is 11.5 Å². The molecule has 0 spiro atoms. The van der Waals surface area contributed by atoms with Crippen LogP contribution in [0.3, 0.4) is 0 Å². The van der Waals surface area contributed by atoms with Crippen LogP contribution >= 0.6 is 11.6 Å². The topological polar surface area (TPSA) is 120 Å². The number of nitrogens with zero attached hydrogens (tertiary/aromatic N) is 3. The van der Waals surface area contributed by atoms with Gasteiger partial charge in [-0.25, -0.2) is 27.1 Å². The number of alkyl halides is 2. The maximum atomic E-state index is 13.7. The summed E-state index contributed by atoms with van der Waals surface area (Å²) >= 11 is 5.91. The Balaban J connectivity index is 1.43. The number of anilines is 1. The smallest absolute Gasteiger partial charge is 0.312 e. The molecule has 1 saturated carbocycles. The van der Waals surface area contributed by atoms with Crippen LogP contribution in [-0.4, -0.2) is 56.5 Å². The van der Waals surface area contributed by atoms with E-state index in [-0.39, 0.29) is 29.5 Å². The third-order valence-electron chi connectivity index (χ3n) is 6.23. The minimum absolute atomic E-state index is 0.0223. The molecule has 15 heteroatoms. The predicted molar refractivity (Wildman–Crippen MR) is 110 cm³/mol. The van der Waals surface area contributed by atoms with Gasteiger partial charge in [-0.3, -0.25) is 14.4 Å². The summed E-state index contributed by atoms with van der Waals surface area (Å²) in [6.07, 6.45) is -1.57. The van der Waals surface area contributed by atoms with Crippen molar-refractivity contribution in [3.63, 3.8) is 0 Å². The number of aromatic nitrogens is 3. The number of carbonyl (C=O) groups excluding carboxylic acids is 3. The zero-order chi connectivity index (χ0) is 25.7. The lowest BCUT2D eigenvalue weighted by Gasteiger charge is -2.46. The fourth-order valence-electron chi connectivity index (χ4n) is 4.51. The minimum atomic E-state index is -3.11. The average molecular weight is 521 g/mol. The molecule has 2 aromatic rings. The molecule has 2 heterocycles. The largest absolute Gasteiger partial charge is 0.336 e. The van der Waals surface area contributed by atoms with Crippen molar-refractivity contribution in [1.29, 1.82) is 0 Å². The van der Waals surface area contributed by atoms with Crippen molar-refractivity contribution in [2.75, 3.05) is 11.9 Å². The van der Waals surface area contributed by atoms with Gasteiger partial charge in [0, 0.05) is 43.2 Å². The number of likely N-dealkylation sites (tertiary alicyclic amines) is 1. The highest BCUT2D eigenvalue weighted by atomic mass is 35.5. The van der Waals surface area contributed by atoms with E-state index in [0.29, 0.717) is 12.1 Å². The van der Waals surface area contributed by atoms with Gasteiger partial charge in [-0.1, -0.05) is 16.8 Å². The van der Waals surface area contributed by atoms with E-state index in [9.17, 15) is 36.3 Å². The summed E-state index contributed by atoms with van der Waals surface area (Å²) in [6.45, 7) is 1.46. The number of carbonyl (C=O) groups is 3. The van der Waals surface area contributed by atoms with Crippen molar-refractivity contribution in [3.8, 4) is 0 Å². The van der Waals surface area contributed by atoms with Crippen molar-refractivity contribution in [3.05, 3.63) is 40.4 Å². The van der Waals surface area contributed by atoms with E-state index in [1.165, 1.54) is 6.92 Å². The summed E-state index contributed by atoms with van der Waals surface area (Å²) in [5.41, 5.74) is -2.15. The van der Waals surface area contributed by atoms with E-state index in [2.05, 4.69) is 26.0 Å². The Morgan fingerprint density at radius 2 is 1.80 bits per heavy atom. The lowest BCUT2D eigenvalue weighted by atomic mass is 9.71. The van der Waals surface area contributed by atoms with Crippen LogP contribution in [0.4, 0.5) is 27.6 Å². The molecular weight excluding hydrogens is 503 g/mol. The second-order valence-corrected chi connectivity index (χ2v) is 8.98. The number of halogens is 6. The van der Waals surface area contributed by atoms with Crippen LogP contribution in [0.1, 0.15) is 31.9 Å². The second kappa shape index (κ2) is 8.73. The first-order valence-electron chi connectivity index (χ1n) is 10.4. The molecule has 3 N–H and O–H groups in total. The van der Waals surface area contributed by atoms with Crippen LogP contribution in [0.2, 0.25) is 5.15 Å². The molecule has 188 valence electrons. The molecule has 1 aromatic carbocycles. The van der Waals surface area contributed by atoms with Crippen molar-refractivity contribution in [2.24, 2.45) is 5.92 Å². The first-order chi connectivity index (χ1) is 16.3. The van der Waals surface area contributed by atoms with E-state index >= 15 is 0 Å². The molecule has 0 unspecified atom stereocenters. The van der Waals surface area contributed by atoms with Gasteiger partial charge in [-0.15, -0.1) is 5.10 Å². The van der Waals surface area contributed by atoms with Gasteiger partial charge in [0.15, 0.2) is 17.5 Å². The second-order valence-electron chi connectivity index (χ2n) is 8.60. The summed E-state index contributed by atoms with van der Waals surface area (Å²) in [4.78, 5) is 39.2. The number of amides is 3. The molecule has 9 nitrogen and oxygen atoms in total. The number of rotatable bonds is 4. The molecule has 1 aliphatic heterocycles. The fourth-order valence-corrected chi connectivity index (χ4v) is 4.77. The minimum Gasteiger partial charge on any atom is -0.336 e. The monoisotopic (exact) mass is 520 g/mol. The SMILES string of the molecule is C[C@H]1[C@@H](C(=O)Nc2cc(F)c(F)c(F)c2)CCN1C(=O)C(=O)NC1(c2nn[nH]c2Cl)CC(F)(F)C1. The zero-order valence-electron chi connectivity index (χ0n) is 18.0. The molecule has 2 atom stereocenters. The quantitative estimate of drug-likeness (QED) is 0.325. The van der Waals surface area contributed by atoms with Crippen molar-refractivity contribution in [1.82, 2.24) is 25.6 Å². The van der Waals surface area contributed by atoms with E-state index in [4.69, 9.17) is 11.6 Å². The Bertz CT molecular complexity index is 1180. The molecule has 4 rings (SSSR count). The predicted octanol–water partition coefficient (Wildman–Crippen LogP) is 2.49. The van der Waals surface area contributed by atoms with E-state index in [1.807, 2.05) is 0 Å². The molecule has 0 bridgehead atoms. The Labute approximate surface area is 199 Å². The summed E-state index contributed by atoms with van der Waals surface area (Å²) < 4.78 is 67.4. The number of benzene rings is 1. The van der Waals surface area contributed by atoms with Crippen LogP contribution in [0.15, 0.2) is 12.1 Å². The zero-order valence-corrected chi connectivity index (χ0v) is 18.7. The van der Waals surface area contributed by atoms with Crippen molar-refractivity contribution >= 4 is 35.0 Å². The first-order valence-corrected chi connectivity index (χ1v) is 10.7. The summed E-state index contributed by atoms with van der Waals surface area (Å²) in [5, 5.41) is 13.8. The summed E-state index contributed by atoms with van der Waals surface area (Å²) in [6, 6.07) is 0.391. The number of nitrogens with one attached hydrogen (secondary N) is 3. The summed E-state index contributed by atoms with van der Waals surface area (Å²) in [5.74, 6) is -11.6. The molecular formula is C20H18ClF5N6O3. The Hall–Kier alpha value is -3.29. The highest BCUT2D eigenvalue weighted by Crippen LogP contribution is 2.52. The van der Waals surface area contributed by atoms with Crippen molar-refractivity contribution in [2.45, 2.75) is 43.7 Å². The normalized spacial score (nSPS) is 22.4. The van der Waals surface area contributed by atoms with Gasteiger partial charge in [0.25, 0.3) is 5.92 Å². The molecule has 0 radical (unpaired) electrons. The molecule has 2 fully saturated rings. The van der Waals surface area contributed by atoms with Crippen LogP contribution < -0.4 is 10.6 Å². The van der Waals surface area contributed by atoms with Gasteiger partial charge in [-0.2, -0.15) is 0 Å². The maximum Gasteiger partial charge on any atom is 0.312 e. The number of hydrogen-bond acceptors (Lipinski definition) is 5.